The molecule has 1 aliphatic rings. The second-order valence-electron chi connectivity index (χ2n) is 6.02. The first-order valence-electron chi connectivity index (χ1n) is 8.12. The molecule has 0 spiro atoms. The minimum Gasteiger partial charge on any atom is -0.373 e. The molecule has 2 aromatic rings. The van der Waals surface area contributed by atoms with Crippen LogP contribution >= 0.6 is 0 Å². The second-order valence-corrected chi connectivity index (χ2v) is 6.02. The fourth-order valence-electron chi connectivity index (χ4n) is 2.88. The minimum atomic E-state index is -0.0442. The maximum atomic E-state index is 11.9. The van der Waals surface area contributed by atoms with Crippen LogP contribution in [-0.4, -0.2) is 18.0 Å². The number of carbonyl (C=O) groups is 1. The fourth-order valence-corrected chi connectivity index (χ4v) is 2.88. The highest BCUT2D eigenvalue weighted by molar-refractivity contribution is 5.80. The van der Waals surface area contributed by atoms with Crippen LogP contribution in [0.1, 0.15) is 30.4 Å². The molecule has 1 aliphatic carbocycles. The van der Waals surface area contributed by atoms with Gasteiger partial charge in [0.1, 0.15) is 5.78 Å². The molecule has 0 amide bonds. The van der Waals surface area contributed by atoms with E-state index in [1.54, 1.807) is 0 Å². The second kappa shape index (κ2) is 8.04. The number of hydrogen-bond acceptors (Lipinski definition) is 3. The van der Waals surface area contributed by atoms with Crippen LogP contribution in [0.25, 0.3) is 0 Å². The van der Waals surface area contributed by atoms with E-state index in [4.69, 9.17) is 9.47 Å². The SMILES string of the molecule is O=C1CC(OCc2ccccc2)CC(OCc2ccccc2)C1. The first kappa shape index (κ1) is 15.9. The molecular formula is C20H22O3. The molecule has 3 nitrogen and oxygen atoms in total. The van der Waals surface area contributed by atoms with Crippen molar-refractivity contribution in [3.8, 4) is 0 Å². The van der Waals surface area contributed by atoms with Gasteiger partial charge in [-0.2, -0.15) is 0 Å². The van der Waals surface area contributed by atoms with Crippen LogP contribution in [0.4, 0.5) is 0 Å². The summed E-state index contributed by atoms with van der Waals surface area (Å²) in [5.74, 6) is 0.229. The van der Waals surface area contributed by atoms with Crippen LogP contribution < -0.4 is 0 Å². The fraction of sp³-hybridized carbons (Fsp3) is 0.350. The van der Waals surface area contributed by atoms with E-state index < -0.39 is 0 Å². The van der Waals surface area contributed by atoms with E-state index in [0.29, 0.717) is 26.1 Å². The molecule has 0 bridgehead atoms. The summed E-state index contributed by atoms with van der Waals surface area (Å²) < 4.78 is 11.8. The standard InChI is InChI=1S/C20H22O3/c21-18-11-19(22-14-16-7-3-1-4-8-16)13-20(12-18)23-15-17-9-5-2-6-10-17/h1-10,19-20H,11-15H2. The molecule has 0 aromatic heterocycles. The number of Topliss-reactive ketones (excluding diaryl/α,β-unsaturated/α-hetero) is 1. The third-order valence-corrected chi connectivity index (χ3v) is 4.09. The van der Waals surface area contributed by atoms with Gasteiger partial charge < -0.3 is 9.47 Å². The molecule has 2 unspecified atom stereocenters. The summed E-state index contributed by atoms with van der Waals surface area (Å²) in [6, 6.07) is 20.1. The minimum absolute atomic E-state index is 0.0442. The van der Waals surface area contributed by atoms with Gasteiger partial charge in [-0.05, 0) is 11.1 Å². The summed E-state index contributed by atoms with van der Waals surface area (Å²) in [6.07, 6.45) is 1.69. The van der Waals surface area contributed by atoms with Gasteiger partial charge in [0.15, 0.2) is 0 Å². The lowest BCUT2D eigenvalue weighted by Gasteiger charge is -2.28. The maximum absolute atomic E-state index is 11.9. The van der Waals surface area contributed by atoms with E-state index in [1.807, 2.05) is 60.7 Å². The lowest BCUT2D eigenvalue weighted by molar-refractivity contribution is -0.133. The topological polar surface area (TPSA) is 35.5 Å². The van der Waals surface area contributed by atoms with Crippen LogP contribution in [0.3, 0.4) is 0 Å². The summed E-state index contributed by atoms with van der Waals surface area (Å²) in [5, 5.41) is 0. The third-order valence-electron chi connectivity index (χ3n) is 4.09. The molecule has 2 aromatic carbocycles. The van der Waals surface area contributed by atoms with Gasteiger partial charge in [-0.15, -0.1) is 0 Å². The van der Waals surface area contributed by atoms with Crippen molar-refractivity contribution in [1.82, 2.24) is 0 Å². The summed E-state index contributed by atoms with van der Waals surface area (Å²) >= 11 is 0. The van der Waals surface area contributed by atoms with E-state index in [0.717, 1.165) is 17.5 Å². The molecule has 0 radical (unpaired) electrons. The van der Waals surface area contributed by atoms with Crippen molar-refractivity contribution in [2.75, 3.05) is 0 Å². The molecule has 3 heteroatoms. The Kier molecular flexibility index (Phi) is 5.56. The molecule has 2 atom stereocenters. The summed E-state index contributed by atoms with van der Waals surface area (Å²) in [5.41, 5.74) is 2.26. The lowest BCUT2D eigenvalue weighted by Crippen LogP contribution is -2.33. The van der Waals surface area contributed by atoms with Crippen molar-refractivity contribution in [2.45, 2.75) is 44.7 Å². The predicted molar refractivity (Wildman–Crippen MR) is 88.9 cm³/mol. The molecule has 1 fully saturated rings. The van der Waals surface area contributed by atoms with Gasteiger partial charge in [-0.1, -0.05) is 60.7 Å². The predicted octanol–water partition coefficient (Wildman–Crippen LogP) is 3.91. The third kappa shape index (κ3) is 5.02. The Morgan fingerprint density at radius 2 is 1.17 bits per heavy atom. The van der Waals surface area contributed by atoms with E-state index >= 15 is 0 Å². The Hall–Kier alpha value is -1.97. The monoisotopic (exact) mass is 310 g/mol. The zero-order valence-electron chi connectivity index (χ0n) is 13.2. The molecule has 0 aliphatic heterocycles. The number of ketones is 1. The van der Waals surface area contributed by atoms with Gasteiger partial charge in [-0.25, -0.2) is 0 Å². The van der Waals surface area contributed by atoms with E-state index in [9.17, 15) is 4.79 Å². The van der Waals surface area contributed by atoms with Crippen molar-refractivity contribution in [2.24, 2.45) is 0 Å². The van der Waals surface area contributed by atoms with Gasteiger partial charge in [0.25, 0.3) is 0 Å². The molecule has 0 saturated heterocycles. The van der Waals surface area contributed by atoms with E-state index in [-0.39, 0.29) is 18.0 Å². The zero-order chi connectivity index (χ0) is 15.9. The number of ether oxygens (including phenoxy) is 2. The van der Waals surface area contributed by atoms with Crippen molar-refractivity contribution in [3.05, 3.63) is 71.8 Å². The molecule has 0 heterocycles. The smallest absolute Gasteiger partial charge is 0.138 e. The van der Waals surface area contributed by atoms with Crippen molar-refractivity contribution in [3.63, 3.8) is 0 Å². The number of carbonyl (C=O) groups excluding carboxylic acids is 1. The van der Waals surface area contributed by atoms with Crippen LogP contribution in [0.2, 0.25) is 0 Å². The van der Waals surface area contributed by atoms with Crippen LogP contribution in [-0.2, 0) is 27.5 Å². The van der Waals surface area contributed by atoms with Gasteiger partial charge in [-0.3, -0.25) is 4.79 Å². The summed E-state index contributed by atoms with van der Waals surface area (Å²) in [7, 11) is 0. The Morgan fingerprint density at radius 1 is 0.739 bits per heavy atom. The zero-order valence-corrected chi connectivity index (χ0v) is 13.2. The Morgan fingerprint density at radius 3 is 1.61 bits per heavy atom. The summed E-state index contributed by atoms with van der Waals surface area (Å²) in [6.45, 7) is 1.09. The molecule has 120 valence electrons. The number of rotatable bonds is 6. The normalized spacial score (nSPS) is 21.3. The van der Waals surface area contributed by atoms with Crippen molar-refractivity contribution < 1.29 is 14.3 Å². The van der Waals surface area contributed by atoms with Gasteiger partial charge in [0.05, 0.1) is 25.4 Å². The average Bonchev–Trinajstić information content (AvgIpc) is 2.60. The molecular weight excluding hydrogens is 288 g/mol. The number of benzene rings is 2. The summed E-state index contributed by atoms with van der Waals surface area (Å²) in [4.78, 5) is 11.9. The lowest BCUT2D eigenvalue weighted by atomic mass is 9.93. The van der Waals surface area contributed by atoms with Crippen LogP contribution in [0, 0.1) is 0 Å². The highest BCUT2D eigenvalue weighted by atomic mass is 16.5. The van der Waals surface area contributed by atoms with Crippen molar-refractivity contribution >= 4 is 5.78 Å². The first-order valence-corrected chi connectivity index (χ1v) is 8.12. The van der Waals surface area contributed by atoms with Crippen LogP contribution in [0.15, 0.2) is 60.7 Å². The van der Waals surface area contributed by atoms with Gasteiger partial charge in [0, 0.05) is 19.3 Å². The van der Waals surface area contributed by atoms with Gasteiger partial charge in [0.2, 0.25) is 0 Å². The highest BCUT2D eigenvalue weighted by Crippen LogP contribution is 2.23. The molecule has 0 N–H and O–H groups in total. The maximum Gasteiger partial charge on any atom is 0.138 e. The van der Waals surface area contributed by atoms with E-state index in [1.165, 1.54) is 0 Å². The Bertz CT molecular complexity index is 556. The average molecular weight is 310 g/mol. The molecule has 1 saturated carbocycles. The first-order chi connectivity index (χ1) is 11.3. The highest BCUT2D eigenvalue weighted by Gasteiger charge is 2.28. The molecule has 3 rings (SSSR count). The quantitative estimate of drug-likeness (QED) is 0.811. The largest absolute Gasteiger partial charge is 0.373 e. The Balaban J connectivity index is 1.49. The van der Waals surface area contributed by atoms with Crippen LogP contribution in [0.5, 0.6) is 0 Å². The number of hydrogen-bond donors (Lipinski definition) is 0. The van der Waals surface area contributed by atoms with E-state index in [2.05, 4.69) is 0 Å². The Labute approximate surface area is 137 Å². The van der Waals surface area contributed by atoms with Gasteiger partial charge >= 0.3 is 0 Å². The van der Waals surface area contributed by atoms with Crippen molar-refractivity contribution in [1.29, 1.82) is 0 Å². The molecule has 23 heavy (non-hydrogen) atoms.